The van der Waals surface area contributed by atoms with Crippen molar-refractivity contribution in [3.05, 3.63) is 114 Å². The average molecular weight is 747 g/mol. The van der Waals surface area contributed by atoms with Gasteiger partial charge in [-0.3, -0.25) is 0 Å². The van der Waals surface area contributed by atoms with Crippen LogP contribution < -0.4 is 5.19 Å². The van der Waals surface area contributed by atoms with Gasteiger partial charge in [0, 0.05) is 46.0 Å². The van der Waals surface area contributed by atoms with Crippen molar-refractivity contribution in [2.45, 2.75) is 53.8 Å². The summed E-state index contributed by atoms with van der Waals surface area (Å²) in [5, 5.41) is 3.83. The van der Waals surface area contributed by atoms with Crippen molar-refractivity contribution in [3.63, 3.8) is 0 Å². The molecule has 0 fully saturated rings. The SMILES string of the molecule is Cc1ccnc(-c2[c-]cccc2)c1.Cc1cnc(-c2[c-]cc([Si](C)(C)C)c3c2oc2ccccc23)cc1CC(C)C.[Ir]. The van der Waals surface area contributed by atoms with Crippen LogP contribution in [0.1, 0.15) is 30.5 Å². The zero-order valence-electron chi connectivity index (χ0n) is 25.5. The third-order valence-electron chi connectivity index (χ3n) is 7.26. The third-order valence-corrected chi connectivity index (χ3v) is 9.27. The van der Waals surface area contributed by atoms with Gasteiger partial charge in [-0.25, -0.2) is 0 Å². The molecule has 0 aliphatic rings. The van der Waals surface area contributed by atoms with Gasteiger partial charge < -0.3 is 14.4 Å². The predicted molar refractivity (Wildman–Crippen MR) is 175 cm³/mol. The van der Waals surface area contributed by atoms with E-state index in [0.29, 0.717) is 5.92 Å². The molecule has 217 valence electrons. The maximum Gasteiger partial charge on any atom is 0.120 e. The van der Waals surface area contributed by atoms with Gasteiger partial charge in [0.2, 0.25) is 0 Å². The molecular formula is C37H38IrN2OSi-2. The van der Waals surface area contributed by atoms with Gasteiger partial charge in [-0.15, -0.1) is 53.2 Å². The first-order chi connectivity index (χ1) is 19.6. The summed E-state index contributed by atoms with van der Waals surface area (Å²) in [6.07, 6.45) is 4.87. The van der Waals surface area contributed by atoms with E-state index in [-0.39, 0.29) is 20.1 Å². The molecule has 0 amide bonds. The molecule has 3 aromatic heterocycles. The zero-order valence-corrected chi connectivity index (χ0v) is 28.9. The third kappa shape index (κ3) is 6.98. The summed E-state index contributed by atoms with van der Waals surface area (Å²) >= 11 is 0. The van der Waals surface area contributed by atoms with E-state index in [1.807, 2.05) is 48.8 Å². The van der Waals surface area contributed by atoms with Crippen LogP contribution in [-0.2, 0) is 26.5 Å². The summed E-state index contributed by atoms with van der Waals surface area (Å²) in [5.41, 5.74) is 9.64. The molecule has 6 rings (SSSR count). The van der Waals surface area contributed by atoms with Gasteiger partial charge in [0.05, 0.1) is 5.58 Å². The van der Waals surface area contributed by atoms with Crippen LogP contribution in [0.15, 0.2) is 89.6 Å². The molecule has 6 aromatic rings. The largest absolute Gasteiger partial charge is 0.501 e. The van der Waals surface area contributed by atoms with Crippen molar-refractivity contribution in [1.82, 2.24) is 9.97 Å². The first kappa shape index (κ1) is 31.6. The Kier molecular flexibility index (Phi) is 9.99. The molecule has 5 heteroatoms. The van der Waals surface area contributed by atoms with Crippen molar-refractivity contribution in [2.24, 2.45) is 5.92 Å². The minimum Gasteiger partial charge on any atom is -0.501 e. The summed E-state index contributed by atoms with van der Waals surface area (Å²) < 4.78 is 6.38. The van der Waals surface area contributed by atoms with Crippen LogP contribution >= 0.6 is 0 Å². The molecule has 3 nitrogen and oxygen atoms in total. The molecule has 1 radical (unpaired) electrons. The molecule has 0 spiro atoms. The van der Waals surface area contributed by atoms with Gasteiger partial charge in [0.1, 0.15) is 5.58 Å². The van der Waals surface area contributed by atoms with E-state index < -0.39 is 8.07 Å². The van der Waals surface area contributed by atoms with E-state index in [1.165, 1.54) is 32.6 Å². The molecule has 42 heavy (non-hydrogen) atoms. The van der Waals surface area contributed by atoms with Gasteiger partial charge in [-0.05, 0) is 55.3 Å². The Labute approximate surface area is 264 Å². The fourth-order valence-electron chi connectivity index (χ4n) is 5.15. The van der Waals surface area contributed by atoms with E-state index >= 15 is 0 Å². The average Bonchev–Trinajstić information content (AvgIpc) is 3.33. The molecule has 0 atom stereocenters. The zero-order chi connectivity index (χ0) is 29.1. The Hall–Kier alpha value is -3.37. The molecule has 0 bridgehead atoms. The standard InChI is InChI=1S/C25H28NOSi.C12H10N.Ir/c1-16(2)13-18-14-21(26-15-17(18)3)19-11-12-23(28(4,5)6)24-20-9-7-8-10-22(20)27-25(19)24;1-10-7-8-13-12(9-10)11-5-3-2-4-6-11;/h7-10,12,14-16H,13H2,1-6H3;2-5,7-9H,1H3;/q2*-1;. The van der Waals surface area contributed by atoms with Crippen molar-refractivity contribution < 1.29 is 24.5 Å². The molecule has 0 saturated carbocycles. The van der Waals surface area contributed by atoms with Crippen LogP contribution in [0.5, 0.6) is 0 Å². The molecular weight excluding hydrogens is 709 g/mol. The monoisotopic (exact) mass is 747 g/mol. The van der Waals surface area contributed by atoms with Crippen molar-refractivity contribution in [3.8, 4) is 22.5 Å². The first-order valence-corrected chi connectivity index (χ1v) is 17.8. The molecule has 0 saturated heterocycles. The van der Waals surface area contributed by atoms with E-state index in [4.69, 9.17) is 9.40 Å². The van der Waals surface area contributed by atoms with Crippen LogP contribution in [0.4, 0.5) is 0 Å². The fraction of sp³-hybridized carbons (Fsp3) is 0.243. The van der Waals surface area contributed by atoms with E-state index in [2.05, 4.69) is 101 Å². The predicted octanol–water partition coefficient (Wildman–Crippen LogP) is 9.36. The summed E-state index contributed by atoms with van der Waals surface area (Å²) in [5.74, 6) is 0.610. The quantitative estimate of drug-likeness (QED) is 0.130. The smallest absolute Gasteiger partial charge is 0.120 e. The van der Waals surface area contributed by atoms with Crippen LogP contribution in [0.25, 0.3) is 44.5 Å². The normalized spacial score (nSPS) is 11.3. The second-order valence-corrected chi connectivity index (χ2v) is 17.3. The number of furan rings is 1. The van der Waals surface area contributed by atoms with E-state index in [0.717, 1.165) is 40.1 Å². The van der Waals surface area contributed by atoms with Crippen molar-refractivity contribution in [2.75, 3.05) is 0 Å². The Balaban J connectivity index is 0.000000243. The summed E-state index contributed by atoms with van der Waals surface area (Å²) in [7, 11) is -1.56. The van der Waals surface area contributed by atoms with Crippen molar-refractivity contribution >= 4 is 35.2 Å². The molecule has 0 N–H and O–H groups in total. The number of aryl methyl sites for hydroxylation is 2. The number of nitrogens with zero attached hydrogens (tertiary/aromatic N) is 2. The van der Waals surface area contributed by atoms with Crippen LogP contribution in [0, 0.1) is 31.9 Å². The molecule has 3 heterocycles. The van der Waals surface area contributed by atoms with Crippen LogP contribution in [0.2, 0.25) is 19.6 Å². The Morgan fingerprint density at radius 2 is 1.64 bits per heavy atom. The number of aromatic nitrogens is 2. The number of hydrogen-bond donors (Lipinski definition) is 0. The maximum absolute atomic E-state index is 6.38. The van der Waals surface area contributed by atoms with Gasteiger partial charge in [-0.2, -0.15) is 0 Å². The maximum atomic E-state index is 6.38. The summed E-state index contributed by atoms with van der Waals surface area (Å²) in [4.78, 5) is 9.03. The fourth-order valence-corrected chi connectivity index (χ4v) is 6.65. The van der Waals surface area contributed by atoms with Crippen molar-refractivity contribution in [1.29, 1.82) is 0 Å². The number of para-hydroxylation sites is 1. The van der Waals surface area contributed by atoms with Gasteiger partial charge in [0.15, 0.2) is 0 Å². The van der Waals surface area contributed by atoms with Gasteiger partial charge in [-0.1, -0.05) is 85.9 Å². The first-order valence-electron chi connectivity index (χ1n) is 14.3. The number of benzene rings is 3. The second-order valence-electron chi connectivity index (χ2n) is 12.2. The minimum atomic E-state index is -1.56. The number of pyridine rings is 2. The van der Waals surface area contributed by atoms with E-state index in [9.17, 15) is 0 Å². The molecule has 0 aliphatic carbocycles. The second kappa shape index (κ2) is 13.3. The Bertz CT molecular complexity index is 1800. The molecule has 3 aromatic carbocycles. The van der Waals surface area contributed by atoms with Crippen LogP contribution in [0.3, 0.4) is 0 Å². The van der Waals surface area contributed by atoms with Gasteiger partial charge in [0.25, 0.3) is 0 Å². The topological polar surface area (TPSA) is 38.9 Å². The summed E-state index contributed by atoms with van der Waals surface area (Å²) in [6.45, 7) is 15.8. The Morgan fingerprint density at radius 1 is 0.881 bits per heavy atom. The minimum absolute atomic E-state index is 0. The van der Waals surface area contributed by atoms with E-state index in [1.54, 1.807) is 0 Å². The van der Waals surface area contributed by atoms with Crippen LogP contribution in [-0.4, -0.2) is 18.0 Å². The molecule has 0 unspecified atom stereocenters. The number of rotatable bonds is 5. The molecule has 0 aliphatic heterocycles. The van der Waals surface area contributed by atoms with Gasteiger partial charge >= 0.3 is 0 Å². The number of fused-ring (bicyclic) bond motifs is 3. The number of hydrogen-bond acceptors (Lipinski definition) is 3. The summed E-state index contributed by atoms with van der Waals surface area (Å²) in [6, 6.07) is 31.4. The Morgan fingerprint density at radius 3 is 2.33 bits per heavy atom.